The lowest BCUT2D eigenvalue weighted by molar-refractivity contribution is -0.149. The molecule has 1 aromatic carbocycles. The van der Waals surface area contributed by atoms with Crippen LogP contribution in [0.5, 0.6) is 5.75 Å². The van der Waals surface area contributed by atoms with E-state index in [2.05, 4.69) is 15.2 Å². The van der Waals surface area contributed by atoms with E-state index >= 15 is 0 Å². The molecule has 212 valence electrons. The minimum Gasteiger partial charge on any atom is -0.476 e. The van der Waals surface area contributed by atoms with Gasteiger partial charge in [0.05, 0.1) is 15.6 Å². The van der Waals surface area contributed by atoms with Crippen LogP contribution >= 0.6 is 23.2 Å². The first-order valence-corrected chi connectivity index (χ1v) is 13.2. The van der Waals surface area contributed by atoms with E-state index in [1.54, 1.807) is 19.9 Å². The molecule has 13 heteroatoms. The van der Waals surface area contributed by atoms with Crippen molar-refractivity contribution in [2.24, 2.45) is 0 Å². The van der Waals surface area contributed by atoms with E-state index in [-0.39, 0.29) is 45.4 Å². The number of halogens is 6. The maximum atomic E-state index is 13.9. The molecule has 2 saturated heterocycles. The molecule has 2 fully saturated rings. The smallest absolute Gasteiger partial charge is 0.408 e. The number of carbonyl (C=O) groups excluding carboxylic acids is 2. The van der Waals surface area contributed by atoms with Crippen LogP contribution in [-0.2, 0) is 4.79 Å². The van der Waals surface area contributed by atoms with E-state index < -0.39 is 29.5 Å². The average molecular weight is 591 g/mol. The Labute approximate surface area is 233 Å². The van der Waals surface area contributed by atoms with Crippen molar-refractivity contribution in [3.63, 3.8) is 0 Å². The van der Waals surface area contributed by atoms with Gasteiger partial charge in [-0.15, -0.1) is 0 Å². The summed E-state index contributed by atoms with van der Waals surface area (Å²) in [6, 6.07) is 3.38. The number of ether oxygens (including phenoxy) is 1. The fraction of sp³-hybridized carbons (Fsp3) is 0.500. The van der Waals surface area contributed by atoms with Crippen LogP contribution in [0.1, 0.15) is 56.8 Å². The van der Waals surface area contributed by atoms with Crippen molar-refractivity contribution < 1.29 is 31.9 Å². The molecule has 0 saturated carbocycles. The molecular weight excluding hydrogens is 563 g/mol. The number of hydrogen-bond donors (Lipinski definition) is 2. The molecule has 0 aliphatic carbocycles. The Balaban J connectivity index is 1.37. The van der Waals surface area contributed by atoms with Crippen molar-refractivity contribution in [1.29, 1.82) is 0 Å². The fourth-order valence-electron chi connectivity index (χ4n) is 4.97. The van der Waals surface area contributed by atoms with Crippen molar-refractivity contribution in [3.8, 4) is 5.75 Å². The van der Waals surface area contributed by atoms with Crippen molar-refractivity contribution in [3.05, 3.63) is 51.9 Å². The average Bonchev–Trinajstić information content (AvgIpc) is 3.11. The molecule has 2 amide bonds. The molecule has 0 unspecified atom stereocenters. The van der Waals surface area contributed by atoms with Crippen LogP contribution in [0.15, 0.2) is 30.5 Å². The molecule has 4 rings (SSSR count). The largest absolute Gasteiger partial charge is 0.476 e. The van der Waals surface area contributed by atoms with Gasteiger partial charge in [0.1, 0.15) is 23.4 Å². The molecule has 4 atom stereocenters. The third kappa shape index (κ3) is 6.51. The summed E-state index contributed by atoms with van der Waals surface area (Å²) in [5, 5.41) is 4.89. The van der Waals surface area contributed by atoms with Crippen LogP contribution in [0.25, 0.3) is 0 Å². The molecule has 2 aliphatic heterocycles. The van der Waals surface area contributed by atoms with E-state index in [9.17, 15) is 27.2 Å². The van der Waals surface area contributed by atoms with Crippen molar-refractivity contribution in [2.45, 2.75) is 82.4 Å². The number of rotatable bonds is 7. The van der Waals surface area contributed by atoms with Gasteiger partial charge in [-0.25, -0.2) is 9.37 Å². The van der Waals surface area contributed by atoms with Crippen LogP contribution in [0.3, 0.4) is 0 Å². The number of pyridine rings is 1. The van der Waals surface area contributed by atoms with Gasteiger partial charge in [-0.05, 0) is 64.7 Å². The first-order valence-electron chi connectivity index (χ1n) is 12.4. The van der Waals surface area contributed by atoms with Gasteiger partial charge in [0.15, 0.2) is 5.60 Å². The molecule has 7 nitrogen and oxygen atoms in total. The van der Waals surface area contributed by atoms with Crippen LogP contribution < -0.4 is 20.3 Å². The summed E-state index contributed by atoms with van der Waals surface area (Å²) in [6.45, 7) is 4.00. The molecule has 2 aromatic rings. The zero-order valence-corrected chi connectivity index (χ0v) is 22.9. The molecule has 2 bridgehead atoms. The number of anilines is 1. The van der Waals surface area contributed by atoms with Crippen molar-refractivity contribution in [2.75, 3.05) is 4.90 Å². The number of piperidine rings is 1. The summed E-state index contributed by atoms with van der Waals surface area (Å²) in [5.74, 6) is -1.32. The SMILES string of the molecule is C[C@@H](NC(=O)c1ccc(N2[C@@H]3CC[C@H]2C[C@@H](NC(=O)C(C)(C)Oc2cc(F)c(Cl)cc2Cl)C3)nc1)C(F)(F)F. The number of aromatic nitrogens is 1. The molecule has 0 spiro atoms. The lowest BCUT2D eigenvalue weighted by atomic mass is 9.96. The predicted molar refractivity (Wildman–Crippen MR) is 139 cm³/mol. The quantitative estimate of drug-likeness (QED) is 0.320. The topological polar surface area (TPSA) is 83.6 Å². The number of amides is 2. The summed E-state index contributed by atoms with van der Waals surface area (Å²) in [4.78, 5) is 31.8. The Morgan fingerprint density at radius 1 is 1.10 bits per heavy atom. The first kappa shape index (κ1) is 29.2. The Bertz CT molecular complexity index is 1230. The van der Waals surface area contributed by atoms with Gasteiger partial charge in [-0.3, -0.25) is 9.59 Å². The second kappa shape index (κ2) is 11.0. The highest BCUT2D eigenvalue weighted by atomic mass is 35.5. The lowest BCUT2D eigenvalue weighted by Crippen LogP contribution is -2.55. The summed E-state index contributed by atoms with van der Waals surface area (Å²) in [6.07, 6.45) is -0.230. The van der Waals surface area contributed by atoms with E-state index in [4.69, 9.17) is 27.9 Å². The second-order valence-corrected chi connectivity index (χ2v) is 11.2. The minimum absolute atomic E-state index is 0.00433. The highest BCUT2D eigenvalue weighted by Crippen LogP contribution is 2.39. The van der Waals surface area contributed by atoms with E-state index in [1.165, 1.54) is 18.3 Å². The van der Waals surface area contributed by atoms with Gasteiger partial charge in [0, 0.05) is 30.4 Å². The highest BCUT2D eigenvalue weighted by molar-refractivity contribution is 6.35. The van der Waals surface area contributed by atoms with Gasteiger partial charge in [0.25, 0.3) is 11.8 Å². The van der Waals surface area contributed by atoms with Gasteiger partial charge in [-0.2, -0.15) is 13.2 Å². The normalized spacial score (nSPS) is 21.9. The van der Waals surface area contributed by atoms with Gasteiger partial charge in [-0.1, -0.05) is 23.2 Å². The molecule has 2 aliphatic rings. The van der Waals surface area contributed by atoms with Crippen LogP contribution in [0, 0.1) is 5.82 Å². The number of benzene rings is 1. The molecule has 2 N–H and O–H groups in total. The molecule has 0 radical (unpaired) electrons. The van der Waals surface area contributed by atoms with Crippen LogP contribution in [0.4, 0.5) is 23.4 Å². The van der Waals surface area contributed by atoms with Gasteiger partial charge < -0.3 is 20.3 Å². The Kier molecular flexibility index (Phi) is 8.23. The zero-order chi connectivity index (χ0) is 28.7. The number of hydrogen-bond acceptors (Lipinski definition) is 5. The standard InChI is InChI=1S/C26H28Cl2F4N4O3/c1-13(26(30,31)32)34-23(37)14-4-7-22(33-12-14)36-16-5-6-17(36)9-15(8-16)35-24(38)25(2,3)39-21-11-20(29)18(27)10-19(21)28/h4,7,10-13,15-17H,5-6,8-9H2,1-3H3,(H,34,37)(H,35,38)/t13-,15-,16+,17-/m1/s1. The monoisotopic (exact) mass is 590 g/mol. The molecule has 1 aromatic heterocycles. The Morgan fingerprint density at radius 2 is 1.74 bits per heavy atom. The summed E-state index contributed by atoms with van der Waals surface area (Å²) in [5.41, 5.74) is -1.31. The van der Waals surface area contributed by atoms with Gasteiger partial charge in [0.2, 0.25) is 0 Å². The molecular formula is C26H28Cl2F4N4O3. The fourth-order valence-corrected chi connectivity index (χ4v) is 5.39. The highest BCUT2D eigenvalue weighted by Gasteiger charge is 2.43. The summed E-state index contributed by atoms with van der Waals surface area (Å²) >= 11 is 11.8. The maximum absolute atomic E-state index is 13.9. The number of alkyl halides is 3. The summed E-state index contributed by atoms with van der Waals surface area (Å²) in [7, 11) is 0. The number of nitrogens with zero attached hydrogens (tertiary/aromatic N) is 2. The molecule has 39 heavy (non-hydrogen) atoms. The third-order valence-corrected chi connectivity index (χ3v) is 7.65. The number of fused-ring (bicyclic) bond motifs is 2. The van der Waals surface area contributed by atoms with Crippen molar-refractivity contribution in [1.82, 2.24) is 15.6 Å². The number of carbonyl (C=O) groups is 2. The predicted octanol–water partition coefficient (Wildman–Crippen LogP) is 5.68. The molecule has 3 heterocycles. The van der Waals surface area contributed by atoms with E-state index in [1.807, 2.05) is 5.32 Å². The maximum Gasteiger partial charge on any atom is 0.408 e. The van der Waals surface area contributed by atoms with E-state index in [0.29, 0.717) is 18.7 Å². The zero-order valence-electron chi connectivity index (χ0n) is 21.4. The third-order valence-electron chi connectivity index (χ3n) is 7.07. The Hall–Kier alpha value is -2.79. The lowest BCUT2D eigenvalue weighted by Gasteiger charge is -2.40. The minimum atomic E-state index is -4.54. The first-order chi connectivity index (χ1) is 18.2. The second-order valence-electron chi connectivity index (χ2n) is 10.4. The van der Waals surface area contributed by atoms with Crippen LogP contribution in [-0.4, -0.2) is 52.7 Å². The van der Waals surface area contributed by atoms with Crippen molar-refractivity contribution >= 4 is 40.8 Å². The number of nitrogens with one attached hydrogen (secondary N) is 2. The van der Waals surface area contributed by atoms with Gasteiger partial charge >= 0.3 is 6.18 Å². The Morgan fingerprint density at radius 3 is 2.31 bits per heavy atom. The van der Waals surface area contributed by atoms with Crippen LogP contribution in [0.2, 0.25) is 10.0 Å². The van der Waals surface area contributed by atoms with E-state index in [0.717, 1.165) is 25.8 Å². The summed E-state index contributed by atoms with van der Waals surface area (Å²) < 4.78 is 57.9.